The maximum absolute atomic E-state index is 12.8. The van der Waals surface area contributed by atoms with Crippen LogP contribution in [0.5, 0.6) is 11.5 Å². The van der Waals surface area contributed by atoms with Gasteiger partial charge in [-0.15, -0.1) is 0 Å². The maximum Gasteiger partial charge on any atom is 0.261 e. The van der Waals surface area contributed by atoms with E-state index in [-0.39, 0.29) is 24.9 Å². The van der Waals surface area contributed by atoms with Gasteiger partial charge in [-0.2, -0.15) is 0 Å². The zero-order valence-electron chi connectivity index (χ0n) is 16.1. The van der Waals surface area contributed by atoms with Crippen molar-refractivity contribution < 1.29 is 22.7 Å². The number of carbonyl (C=O) groups excluding carboxylic acids is 1. The van der Waals surface area contributed by atoms with E-state index in [0.717, 1.165) is 17.6 Å². The van der Waals surface area contributed by atoms with Gasteiger partial charge in [0.2, 0.25) is 10.0 Å². The smallest absolute Gasteiger partial charge is 0.261 e. The summed E-state index contributed by atoms with van der Waals surface area (Å²) in [6, 6.07) is 14.1. The minimum atomic E-state index is -3.47. The molecule has 2 aromatic rings. The van der Waals surface area contributed by atoms with Crippen molar-refractivity contribution in [1.82, 2.24) is 5.32 Å². The summed E-state index contributed by atoms with van der Waals surface area (Å²) in [6.07, 6.45) is 0.618. The Bertz CT molecular complexity index is 943. The van der Waals surface area contributed by atoms with E-state index in [1.54, 1.807) is 31.4 Å². The van der Waals surface area contributed by atoms with Crippen molar-refractivity contribution in [2.75, 3.05) is 24.2 Å². The van der Waals surface area contributed by atoms with Crippen LogP contribution in [0, 0.1) is 0 Å². The molecule has 1 N–H and O–H groups in total. The topological polar surface area (TPSA) is 84.9 Å². The van der Waals surface area contributed by atoms with Gasteiger partial charge in [-0.05, 0) is 36.8 Å². The van der Waals surface area contributed by atoms with Crippen LogP contribution in [0.1, 0.15) is 24.9 Å². The highest BCUT2D eigenvalue weighted by Crippen LogP contribution is 2.34. The van der Waals surface area contributed by atoms with Crippen molar-refractivity contribution in [2.45, 2.75) is 25.5 Å². The van der Waals surface area contributed by atoms with Crippen molar-refractivity contribution in [3.05, 3.63) is 54.1 Å². The largest absolute Gasteiger partial charge is 0.497 e. The highest BCUT2D eigenvalue weighted by atomic mass is 32.2. The molecule has 150 valence electrons. The van der Waals surface area contributed by atoms with Crippen LogP contribution in [-0.4, -0.2) is 40.3 Å². The quantitative estimate of drug-likeness (QED) is 0.828. The normalized spacial score (nSPS) is 17.7. The first-order valence-electron chi connectivity index (χ1n) is 8.97. The summed E-state index contributed by atoms with van der Waals surface area (Å²) >= 11 is 0. The van der Waals surface area contributed by atoms with Crippen LogP contribution in [0.15, 0.2) is 48.5 Å². The van der Waals surface area contributed by atoms with Gasteiger partial charge < -0.3 is 14.8 Å². The Labute approximate surface area is 165 Å². The number of amides is 1. The number of fused-ring (bicyclic) bond motifs is 1. The predicted molar refractivity (Wildman–Crippen MR) is 107 cm³/mol. The average Bonchev–Trinajstić information content (AvgIpc) is 2.87. The van der Waals surface area contributed by atoms with Gasteiger partial charge in [0.05, 0.1) is 25.1 Å². The molecule has 0 bridgehead atoms. The summed E-state index contributed by atoms with van der Waals surface area (Å²) in [6.45, 7) is 2.05. The van der Waals surface area contributed by atoms with Crippen molar-refractivity contribution in [1.29, 1.82) is 0 Å². The zero-order valence-corrected chi connectivity index (χ0v) is 16.9. The van der Waals surface area contributed by atoms with E-state index < -0.39 is 16.1 Å². The van der Waals surface area contributed by atoms with E-state index in [1.165, 1.54) is 4.31 Å². The lowest BCUT2D eigenvalue weighted by atomic mass is 10.1. The van der Waals surface area contributed by atoms with Crippen molar-refractivity contribution in [2.24, 2.45) is 0 Å². The van der Waals surface area contributed by atoms with Crippen LogP contribution in [0.4, 0.5) is 5.69 Å². The van der Waals surface area contributed by atoms with Gasteiger partial charge in [-0.1, -0.05) is 24.3 Å². The highest BCUT2D eigenvalue weighted by Gasteiger charge is 2.31. The molecule has 8 heteroatoms. The van der Waals surface area contributed by atoms with Gasteiger partial charge in [-0.25, -0.2) is 8.42 Å². The third-order valence-electron chi connectivity index (χ3n) is 4.66. The first kappa shape index (κ1) is 20.0. The molecule has 2 atom stereocenters. The first-order chi connectivity index (χ1) is 13.3. The molecule has 1 aliphatic rings. The molecule has 28 heavy (non-hydrogen) atoms. The predicted octanol–water partition coefficient (Wildman–Crippen LogP) is 2.49. The fourth-order valence-electron chi connectivity index (χ4n) is 3.14. The molecule has 0 radical (unpaired) electrons. The fourth-order valence-corrected chi connectivity index (χ4v) is 4.09. The van der Waals surface area contributed by atoms with E-state index in [9.17, 15) is 13.2 Å². The van der Waals surface area contributed by atoms with Crippen molar-refractivity contribution in [3.8, 4) is 11.5 Å². The van der Waals surface area contributed by atoms with E-state index in [1.807, 2.05) is 31.2 Å². The number of ether oxygens (including phenoxy) is 2. The lowest BCUT2D eigenvalue weighted by Gasteiger charge is -2.20. The van der Waals surface area contributed by atoms with Crippen LogP contribution in [0.2, 0.25) is 0 Å². The number of para-hydroxylation sites is 2. The van der Waals surface area contributed by atoms with Crippen LogP contribution in [0.25, 0.3) is 0 Å². The van der Waals surface area contributed by atoms with Gasteiger partial charge in [0.1, 0.15) is 11.5 Å². The molecule has 0 aliphatic carbocycles. The maximum atomic E-state index is 12.8. The van der Waals surface area contributed by atoms with Crippen LogP contribution in [-0.2, 0) is 14.8 Å². The third kappa shape index (κ3) is 4.39. The average molecular weight is 404 g/mol. The van der Waals surface area contributed by atoms with E-state index in [2.05, 4.69) is 5.32 Å². The molecule has 7 nitrogen and oxygen atoms in total. The molecule has 1 heterocycles. The summed E-state index contributed by atoms with van der Waals surface area (Å²) in [5, 5.41) is 2.94. The summed E-state index contributed by atoms with van der Waals surface area (Å²) < 4.78 is 36.6. The van der Waals surface area contributed by atoms with Gasteiger partial charge in [-0.3, -0.25) is 9.10 Å². The number of sulfonamides is 1. The second-order valence-electron chi connectivity index (χ2n) is 6.70. The van der Waals surface area contributed by atoms with Crippen molar-refractivity contribution >= 4 is 21.6 Å². The van der Waals surface area contributed by atoms with Crippen LogP contribution < -0.4 is 19.1 Å². The number of nitrogens with zero attached hydrogens (tertiary/aromatic N) is 1. The Kier molecular flexibility index (Phi) is 5.79. The summed E-state index contributed by atoms with van der Waals surface area (Å²) in [5.74, 6) is 0.836. The molecular weight excluding hydrogens is 380 g/mol. The molecule has 0 spiro atoms. The summed E-state index contributed by atoms with van der Waals surface area (Å²) in [5.41, 5.74) is 1.38. The standard InChI is InChI=1S/C20H24N2O5S/c1-14(15-8-10-16(26-2)11-9-15)21-20(23)19-12-13-22(28(3,24)25)17-6-4-5-7-18(17)27-19/h4-11,14,19H,12-13H2,1-3H3,(H,21,23)/t14-,19+/m0/s1. The number of rotatable bonds is 5. The molecule has 0 saturated carbocycles. The Morgan fingerprint density at radius 1 is 1.21 bits per heavy atom. The van der Waals surface area contributed by atoms with Crippen LogP contribution in [0.3, 0.4) is 0 Å². The Hall–Kier alpha value is -2.74. The first-order valence-corrected chi connectivity index (χ1v) is 10.8. The molecule has 0 saturated heterocycles. The SMILES string of the molecule is COc1ccc([C@H](C)NC(=O)[C@H]2CCN(S(C)(=O)=O)c3ccccc3O2)cc1. The molecular formula is C20H24N2O5S. The molecule has 0 fully saturated rings. The summed E-state index contributed by atoms with van der Waals surface area (Å²) in [4.78, 5) is 12.8. The number of anilines is 1. The van der Waals surface area contributed by atoms with Crippen LogP contribution >= 0.6 is 0 Å². The zero-order chi connectivity index (χ0) is 20.3. The molecule has 0 unspecified atom stereocenters. The minimum absolute atomic E-state index is 0.171. The van der Waals surface area contributed by atoms with Crippen molar-refractivity contribution in [3.63, 3.8) is 0 Å². The summed E-state index contributed by atoms with van der Waals surface area (Å²) in [7, 11) is -1.88. The van der Waals surface area contributed by atoms with Gasteiger partial charge in [0.25, 0.3) is 5.91 Å². The molecule has 1 amide bonds. The number of benzene rings is 2. The monoisotopic (exact) mass is 404 g/mol. The number of hydrogen-bond donors (Lipinski definition) is 1. The Morgan fingerprint density at radius 3 is 2.54 bits per heavy atom. The number of hydrogen-bond acceptors (Lipinski definition) is 5. The van der Waals surface area contributed by atoms with E-state index in [4.69, 9.17) is 9.47 Å². The lowest BCUT2D eigenvalue weighted by molar-refractivity contribution is -0.128. The van der Waals surface area contributed by atoms with Gasteiger partial charge in [0.15, 0.2) is 6.10 Å². The third-order valence-corrected chi connectivity index (χ3v) is 5.84. The second-order valence-corrected chi connectivity index (χ2v) is 8.61. The molecule has 3 rings (SSSR count). The lowest BCUT2D eigenvalue weighted by Crippen LogP contribution is -2.40. The number of carbonyl (C=O) groups is 1. The fraction of sp³-hybridized carbons (Fsp3) is 0.350. The Morgan fingerprint density at radius 2 is 1.89 bits per heavy atom. The van der Waals surface area contributed by atoms with E-state index >= 15 is 0 Å². The number of nitrogens with one attached hydrogen (secondary N) is 1. The second kappa shape index (κ2) is 8.10. The van der Waals surface area contributed by atoms with E-state index in [0.29, 0.717) is 11.4 Å². The molecule has 2 aromatic carbocycles. The minimum Gasteiger partial charge on any atom is -0.497 e. The molecule has 1 aliphatic heterocycles. The number of methoxy groups -OCH3 is 1. The highest BCUT2D eigenvalue weighted by molar-refractivity contribution is 7.92. The molecule has 0 aromatic heterocycles. The Balaban J connectivity index is 1.76. The van der Waals surface area contributed by atoms with Gasteiger partial charge >= 0.3 is 0 Å². The van der Waals surface area contributed by atoms with Gasteiger partial charge in [0, 0.05) is 13.0 Å².